The van der Waals surface area contributed by atoms with Crippen LogP contribution in [-0.4, -0.2) is 32.8 Å². The smallest absolute Gasteiger partial charge is 0.0605 e. The van der Waals surface area contributed by atoms with Gasteiger partial charge < -0.3 is 15.0 Å². The van der Waals surface area contributed by atoms with Gasteiger partial charge in [-0.2, -0.15) is 0 Å². The number of rotatable bonds is 6. The van der Waals surface area contributed by atoms with Crippen molar-refractivity contribution in [1.29, 1.82) is 0 Å². The molecule has 0 amide bonds. The van der Waals surface area contributed by atoms with Crippen LogP contribution < -0.4 is 10.2 Å². The zero-order valence-electron chi connectivity index (χ0n) is 13.1. The fourth-order valence-corrected chi connectivity index (χ4v) is 3.12. The van der Waals surface area contributed by atoms with E-state index in [-0.39, 0.29) is 0 Å². The fourth-order valence-electron chi connectivity index (χ4n) is 3.12. The molecule has 0 radical (unpaired) electrons. The maximum Gasteiger partial charge on any atom is 0.0605 e. The summed E-state index contributed by atoms with van der Waals surface area (Å²) in [6.45, 7) is 7.63. The molecule has 1 aromatic carbocycles. The standard InChI is InChI=1S/C17H28N2O/c1-4-16(18-5-2)15-8-6-7-9-17(15)19-12-10-14(20-3)11-13-19/h6-9,14,16,18H,4-5,10-13H2,1-3H3. The van der Waals surface area contributed by atoms with Crippen molar-refractivity contribution in [3.8, 4) is 0 Å². The van der Waals surface area contributed by atoms with Crippen LogP contribution in [0.3, 0.4) is 0 Å². The van der Waals surface area contributed by atoms with Gasteiger partial charge in [0.05, 0.1) is 6.10 Å². The number of methoxy groups -OCH3 is 1. The molecule has 20 heavy (non-hydrogen) atoms. The molecule has 1 unspecified atom stereocenters. The largest absolute Gasteiger partial charge is 0.381 e. The maximum atomic E-state index is 5.47. The van der Waals surface area contributed by atoms with Crippen LogP contribution in [0.2, 0.25) is 0 Å². The molecule has 1 atom stereocenters. The Bertz CT molecular complexity index is 400. The Morgan fingerprint density at radius 3 is 2.55 bits per heavy atom. The van der Waals surface area contributed by atoms with Crippen LogP contribution in [-0.2, 0) is 4.74 Å². The number of nitrogens with zero attached hydrogens (tertiary/aromatic N) is 1. The molecule has 1 saturated heterocycles. The van der Waals surface area contributed by atoms with Crippen LogP contribution in [0.15, 0.2) is 24.3 Å². The first-order chi connectivity index (χ1) is 9.80. The van der Waals surface area contributed by atoms with Crippen LogP contribution in [0.4, 0.5) is 5.69 Å². The summed E-state index contributed by atoms with van der Waals surface area (Å²) in [5, 5.41) is 3.60. The van der Waals surface area contributed by atoms with Gasteiger partial charge in [0.15, 0.2) is 0 Å². The van der Waals surface area contributed by atoms with Crippen molar-refractivity contribution in [2.75, 3.05) is 31.6 Å². The first-order valence-corrected chi connectivity index (χ1v) is 7.90. The third kappa shape index (κ3) is 3.53. The quantitative estimate of drug-likeness (QED) is 0.862. The van der Waals surface area contributed by atoms with Gasteiger partial charge in [-0.05, 0) is 37.4 Å². The normalized spacial score (nSPS) is 18.2. The molecule has 1 aliphatic rings. The van der Waals surface area contributed by atoms with Crippen molar-refractivity contribution < 1.29 is 4.74 Å². The third-order valence-corrected chi connectivity index (χ3v) is 4.29. The predicted octanol–water partition coefficient (Wildman–Crippen LogP) is 3.36. The van der Waals surface area contributed by atoms with Crippen molar-refractivity contribution in [2.24, 2.45) is 0 Å². The third-order valence-electron chi connectivity index (χ3n) is 4.29. The van der Waals surface area contributed by atoms with Gasteiger partial charge in [-0.25, -0.2) is 0 Å². The van der Waals surface area contributed by atoms with Crippen molar-refractivity contribution in [3.05, 3.63) is 29.8 Å². The van der Waals surface area contributed by atoms with Crippen molar-refractivity contribution in [2.45, 2.75) is 45.3 Å². The summed E-state index contributed by atoms with van der Waals surface area (Å²) in [5.74, 6) is 0. The minimum absolute atomic E-state index is 0.439. The Balaban J connectivity index is 2.15. The van der Waals surface area contributed by atoms with E-state index in [0.29, 0.717) is 12.1 Å². The highest BCUT2D eigenvalue weighted by molar-refractivity contribution is 5.55. The molecule has 0 spiro atoms. The van der Waals surface area contributed by atoms with Gasteiger partial charge >= 0.3 is 0 Å². The molecule has 1 N–H and O–H groups in total. The second-order valence-electron chi connectivity index (χ2n) is 5.50. The number of nitrogens with one attached hydrogen (secondary N) is 1. The van der Waals surface area contributed by atoms with Gasteiger partial charge in [0.1, 0.15) is 0 Å². The van der Waals surface area contributed by atoms with Gasteiger partial charge in [-0.15, -0.1) is 0 Å². The molecule has 2 rings (SSSR count). The molecular formula is C17H28N2O. The van der Waals surface area contributed by atoms with Gasteiger partial charge in [0.2, 0.25) is 0 Å². The van der Waals surface area contributed by atoms with Crippen LogP contribution in [0.25, 0.3) is 0 Å². The summed E-state index contributed by atoms with van der Waals surface area (Å²) in [6.07, 6.45) is 3.82. The van der Waals surface area contributed by atoms with E-state index >= 15 is 0 Å². The number of hydrogen-bond acceptors (Lipinski definition) is 3. The van der Waals surface area contributed by atoms with Gasteiger partial charge in [-0.1, -0.05) is 32.0 Å². The Kier molecular flexibility index (Phi) is 5.86. The first-order valence-electron chi connectivity index (χ1n) is 7.90. The van der Waals surface area contributed by atoms with Crippen molar-refractivity contribution >= 4 is 5.69 Å². The Labute approximate surface area is 123 Å². The lowest BCUT2D eigenvalue weighted by atomic mass is 9.99. The molecule has 0 saturated carbocycles. The molecule has 3 nitrogen and oxygen atoms in total. The van der Waals surface area contributed by atoms with Gasteiger partial charge in [0.25, 0.3) is 0 Å². The van der Waals surface area contributed by atoms with E-state index < -0.39 is 0 Å². The average Bonchev–Trinajstić information content (AvgIpc) is 2.53. The highest BCUT2D eigenvalue weighted by Crippen LogP contribution is 2.30. The second kappa shape index (κ2) is 7.65. The molecule has 0 aliphatic carbocycles. The topological polar surface area (TPSA) is 24.5 Å². The number of ether oxygens (including phenoxy) is 1. The Morgan fingerprint density at radius 1 is 1.25 bits per heavy atom. The van der Waals surface area contributed by atoms with Crippen molar-refractivity contribution in [3.63, 3.8) is 0 Å². The lowest BCUT2D eigenvalue weighted by Crippen LogP contribution is -2.37. The van der Waals surface area contributed by atoms with E-state index in [1.165, 1.54) is 11.3 Å². The zero-order chi connectivity index (χ0) is 14.4. The summed E-state index contributed by atoms with van der Waals surface area (Å²) in [5.41, 5.74) is 2.84. The van der Waals surface area contributed by atoms with E-state index in [9.17, 15) is 0 Å². The molecule has 1 aliphatic heterocycles. The predicted molar refractivity (Wildman–Crippen MR) is 85.4 cm³/mol. The van der Waals surface area contributed by atoms with E-state index in [1.807, 2.05) is 7.11 Å². The minimum Gasteiger partial charge on any atom is -0.381 e. The lowest BCUT2D eigenvalue weighted by Gasteiger charge is -2.35. The Hall–Kier alpha value is -1.06. The number of para-hydroxylation sites is 1. The van der Waals surface area contributed by atoms with Crippen LogP contribution in [0.5, 0.6) is 0 Å². The van der Waals surface area contributed by atoms with E-state index in [2.05, 4.69) is 48.3 Å². The molecule has 112 valence electrons. The van der Waals surface area contributed by atoms with E-state index in [0.717, 1.165) is 38.9 Å². The SMILES string of the molecule is CCNC(CC)c1ccccc1N1CCC(OC)CC1. The molecule has 1 heterocycles. The number of benzene rings is 1. The molecule has 0 bridgehead atoms. The van der Waals surface area contributed by atoms with Crippen LogP contribution in [0.1, 0.15) is 44.7 Å². The molecule has 0 aromatic heterocycles. The highest BCUT2D eigenvalue weighted by Gasteiger charge is 2.22. The van der Waals surface area contributed by atoms with Gasteiger partial charge in [0, 0.05) is 31.9 Å². The summed E-state index contributed by atoms with van der Waals surface area (Å²) in [6, 6.07) is 9.30. The van der Waals surface area contributed by atoms with Crippen LogP contribution >= 0.6 is 0 Å². The molecule has 3 heteroatoms. The van der Waals surface area contributed by atoms with E-state index in [4.69, 9.17) is 4.74 Å². The van der Waals surface area contributed by atoms with E-state index in [1.54, 1.807) is 0 Å². The summed E-state index contributed by atoms with van der Waals surface area (Å²) >= 11 is 0. The first kappa shape index (κ1) is 15.3. The highest BCUT2D eigenvalue weighted by atomic mass is 16.5. The Morgan fingerprint density at radius 2 is 1.95 bits per heavy atom. The second-order valence-corrected chi connectivity index (χ2v) is 5.50. The number of piperidine rings is 1. The van der Waals surface area contributed by atoms with Crippen molar-refractivity contribution in [1.82, 2.24) is 5.32 Å². The lowest BCUT2D eigenvalue weighted by molar-refractivity contribution is 0.0819. The zero-order valence-corrected chi connectivity index (χ0v) is 13.1. The summed E-state index contributed by atoms with van der Waals surface area (Å²) in [7, 11) is 1.83. The number of anilines is 1. The summed E-state index contributed by atoms with van der Waals surface area (Å²) in [4.78, 5) is 2.52. The minimum atomic E-state index is 0.439. The molecule has 1 aromatic rings. The monoisotopic (exact) mass is 276 g/mol. The summed E-state index contributed by atoms with van der Waals surface area (Å²) < 4.78 is 5.47. The number of hydrogen-bond donors (Lipinski definition) is 1. The average molecular weight is 276 g/mol. The fraction of sp³-hybridized carbons (Fsp3) is 0.647. The van der Waals surface area contributed by atoms with Gasteiger partial charge in [-0.3, -0.25) is 0 Å². The molecular weight excluding hydrogens is 248 g/mol. The van der Waals surface area contributed by atoms with Crippen LogP contribution in [0, 0.1) is 0 Å². The maximum absolute atomic E-state index is 5.47. The molecule has 1 fully saturated rings.